The molecule has 2 heterocycles. The normalized spacial score (nSPS) is 19.1. The van der Waals surface area contributed by atoms with Crippen molar-refractivity contribution in [1.29, 1.82) is 0 Å². The highest BCUT2D eigenvalue weighted by molar-refractivity contribution is 7.80. The number of benzene rings is 2. The van der Waals surface area contributed by atoms with Gasteiger partial charge in [-0.25, -0.2) is 9.67 Å². The molecule has 1 saturated carbocycles. The number of rotatable bonds is 11. The molecule has 2 aromatic carbocycles. The molecule has 0 spiro atoms. The van der Waals surface area contributed by atoms with Crippen LogP contribution in [-0.4, -0.2) is 44.1 Å². The van der Waals surface area contributed by atoms with Crippen molar-refractivity contribution < 1.29 is 23.1 Å². The number of hydrogen-bond donors (Lipinski definition) is 2. The van der Waals surface area contributed by atoms with Gasteiger partial charge in [0, 0.05) is 23.7 Å². The quantitative estimate of drug-likeness (QED) is 0.188. The summed E-state index contributed by atoms with van der Waals surface area (Å²) in [7, 11) is 0. The zero-order valence-corrected chi connectivity index (χ0v) is 26.7. The second kappa shape index (κ2) is 12.5. The number of thiocarbonyl (C=S) groups is 1. The topological polar surface area (TPSA) is 129 Å². The van der Waals surface area contributed by atoms with Crippen LogP contribution in [0.15, 0.2) is 59.9 Å². The SMILES string of the molecule is CC(C)(C)C[C@]1(c2ccc(-c3cnn(C(F)F)c3)cc2)N=C(N)N([C@H](COC(=O)CC2CC2)c2ccc(Cl)c(C(N)=S)c2)C1=O. The molecule has 1 aliphatic heterocycles. The zero-order valence-electron chi connectivity index (χ0n) is 25.2. The summed E-state index contributed by atoms with van der Waals surface area (Å²) in [4.78, 5) is 33.6. The summed E-state index contributed by atoms with van der Waals surface area (Å²) in [6.45, 7) is 3.05. The Hall–Kier alpha value is -3.90. The Morgan fingerprint density at radius 2 is 1.87 bits per heavy atom. The highest BCUT2D eigenvalue weighted by Crippen LogP contribution is 2.45. The molecule has 13 heteroatoms. The van der Waals surface area contributed by atoms with E-state index in [0.717, 1.165) is 12.8 Å². The van der Waals surface area contributed by atoms with E-state index in [1.54, 1.807) is 42.5 Å². The molecular formula is C32H35ClF2N6O3S. The van der Waals surface area contributed by atoms with Crippen LogP contribution >= 0.6 is 23.8 Å². The lowest BCUT2D eigenvalue weighted by Gasteiger charge is -2.35. The highest BCUT2D eigenvalue weighted by Gasteiger charge is 2.53. The summed E-state index contributed by atoms with van der Waals surface area (Å²) in [5, 5.41) is 4.05. The zero-order chi connectivity index (χ0) is 32.7. The average molecular weight is 657 g/mol. The van der Waals surface area contributed by atoms with Crippen LogP contribution in [0.25, 0.3) is 11.1 Å². The summed E-state index contributed by atoms with van der Waals surface area (Å²) < 4.78 is 32.5. The number of amides is 1. The first-order valence-corrected chi connectivity index (χ1v) is 15.3. The second-order valence-electron chi connectivity index (χ2n) is 12.8. The molecule has 45 heavy (non-hydrogen) atoms. The number of ether oxygens (including phenoxy) is 1. The van der Waals surface area contributed by atoms with Crippen LogP contribution in [0.5, 0.6) is 0 Å². The van der Waals surface area contributed by atoms with Crippen LogP contribution in [0.1, 0.15) is 75.7 Å². The molecule has 3 aromatic rings. The van der Waals surface area contributed by atoms with Gasteiger partial charge in [0.15, 0.2) is 11.5 Å². The second-order valence-corrected chi connectivity index (χ2v) is 13.6. The number of aromatic nitrogens is 2. The summed E-state index contributed by atoms with van der Waals surface area (Å²) in [5.74, 6) is -0.482. The first-order valence-electron chi connectivity index (χ1n) is 14.6. The molecule has 1 amide bonds. The maximum atomic E-state index is 14.7. The summed E-state index contributed by atoms with van der Waals surface area (Å²) in [5.41, 5.74) is 13.4. The first kappa shape index (κ1) is 32.5. The lowest BCUT2D eigenvalue weighted by Crippen LogP contribution is -2.47. The van der Waals surface area contributed by atoms with Crippen LogP contribution < -0.4 is 11.5 Å². The van der Waals surface area contributed by atoms with Gasteiger partial charge >= 0.3 is 12.5 Å². The monoisotopic (exact) mass is 656 g/mol. The lowest BCUT2D eigenvalue weighted by molar-refractivity contribution is -0.148. The maximum absolute atomic E-state index is 14.7. The number of nitrogens with zero attached hydrogens (tertiary/aromatic N) is 4. The number of esters is 1. The van der Waals surface area contributed by atoms with Gasteiger partial charge < -0.3 is 16.2 Å². The Morgan fingerprint density at radius 1 is 1.18 bits per heavy atom. The molecule has 5 rings (SSSR count). The lowest BCUT2D eigenvalue weighted by atomic mass is 9.75. The molecule has 1 aromatic heterocycles. The predicted octanol–water partition coefficient (Wildman–Crippen LogP) is 6.11. The van der Waals surface area contributed by atoms with E-state index in [9.17, 15) is 18.4 Å². The van der Waals surface area contributed by atoms with Gasteiger partial charge in [-0.2, -0.15) is 13.9 Å². The molecule has 0 radical (unpaired) electrons. The van der Waals surface area contributed by atoms with Gasteiger partial charge in [0.25, 0.3) is 5.91 Å². The maximum Gasteiger partial charge on any atom is 0.333 e. The van der Waals surface area contributed by atoms with Crippen molar-refractivity contribution in [3.8, 4) is 11.1 Å². The Balaban J connectivity index is 1.54. The van der Waals surface area contributed by atoms with Crippen LogP contribution in [0.3, 0.4) is 0 Å². The van der Waals surface area contributed by atoms with E-state index >= 15 is 0 Å². The van der Waals surface area contributed by atoms with E-state index in [1.165, 1.54) is 17.3 Å². The third-order valence-electron chi connectivity index (χ3n) is 7.92. The molecule has 1 aliphatic carbocycles. The van der Waals surface area contributed by atoms with Gasteiger partial charge in [0.1, 0.15) is 11.6 Å². The summed E-state index contributed by atoms with van der Waals surface area (Å²) >= 11 is 11.5. The van der Waals surface area contributed by atoms with E-state index in [1.807, 2.05) is 20.8 Å². The smallest absolute Gasteiger partial charge is 0.333 e. The van der Waals surface area contributed by atoms with Crippen LogP contribution in [0, 0.1) is 11.3 Å². The van der Waals surface area contributed by atoms with Crippen molar-refractivity contribution in [3.05, 3.63) is 76.6 Å². The van der Waals surface area contributed by atoms with Gasteiger partial charge in [-0.15, -0.1) is 0 Å². The number of halogens is 3. The summed E-state index contributed by atoms with van der Waals surface area (Å²) in [6.07, 6.45) is 5.18. The minimum absolute atomic E-state index is 0.0402. The molecule has 2 aliphatic rings. The minimum Gasteiger partial charge on any atom is -0.463 e. The van der Waals surface area contributed by atoms with Crippen LogP contribution in [0.4, 0.5) is 8.78 Å². The van der Waals surface area contributed by atoms with Gasteiger partial charge in [-0.1, -0.05) is 74.9 Å². The summed E-state index contributed by atoms with van der Waals surface area (Å²) in [6, 6.07) is 11.1. The van der Waals surface area contributed by atoms with Gasteiger partial charge in [-0.3, -0.25) is 14.5 Å². The van der Waals surface area contributed by atoms with E-state index in [0.29, 0.717) is 56.3 Å². The molecule has 1 fully saturated rings. The Kier molecular flexibility index (Phi) is 9.01. The molecule has 0 bridgehead atoms. The molecule has 0 unspecified atom stereocenters. The van der Waals surface area contributed by atoms with E-state index in [4.69, 9.17) is 45.0 Å². The highest BCUT2D eigenvalue weighted by atomic mass is 35.5. The number of hydrogen-bond acceptors (Lipinski definition) is 7. The van der Waals surface area contributed by atoms with Gasteiger partial charge in [0.05, 0.1) is 17.3 Å². The fraction of sp³-hybridized carbons (Fsp3) is 0.406. The predicted molar refractivity (Wildman–Crippen MR) is 172 cm³/mol. The van der Waals surface area contributed by atoms with Crippen molar-refractivity contribution in [3.63, 3.8) is 0 Å². The largest absolute Gasteiger partial charge is 0.463 e. The Bertz CT molecular complexity index is 1650. The number of guanidine groups is 1. The van der Waals surface area contributed by atoms with Crippen molar-refractivity contribution in [1.82, 2.24) is 14.7 Å². The number of aliphatic imine (C=N–C) groups is 1. The molecule has 9 nitrogen and oxygen atoms in total. The van der Waals surface area contributed by atoms with E-state index in [2.05, 4.69) is 5.10 Å². The van der Waals surface area contributed by atoms with Gasteiger partial charge in [-0.05, 0) is 59.4 Å². The first-order chi connectivity index (χ1) is 21.2. The standard InChI is InChI=1S/C32H35ClF2N6O3S/c1-31(2,3)17-32(22-9-6-19(7-10-22)21-14-38-40(15-21)29(34)35)28(43)41(30(37)39-32)25(16-44-26(42)12-18-4-5-18)20-8-11-24(33)23(13-20)27(36)45/h6-11,13-15,18,25,29H,4-5,12,16-17H2,1-3H3,(H2,36,45)(H2,37,39)/t25-,32-/m1/s1. The average Bonchev–Trinajstić information content (AvgIpc) is 3.56. The van der Waals surface area contributed by atoms with Crippen molar-refractivity contribution in [2.75, 3.05) is 6.61 Å². The molecule has 238 valence electrons. The minimum atomic E-state index is -2.76. The number of carbonyl (C=O) groups is 2. The number of alkyl halides is 2. The third kappa shape index (κ3) is 7.01. The Labute approximate surface area is 270 Å². The van der Waals surface area contributed by atoms with Crippen molar-refractivity contribution in [2.24, 2.45) is 27.8 Å². The Morgan fingerprint density at radius 3 is 2.44 bits per heavy atom. The molecule has 4 N–H and O–H groups in total. The van der Waals surface area contributed by atoms with E-state index < -0.39 is 24.0 Å². The third-order valence-corrected chi connectivity index (χ3v) is 8.46. The molecular weight excluding hydrogens is 622 g/mol. The number of nitrogens with two attached hydrogens (primary N) is 2. The van der Waals surface area contributed by atoms with Gasteiger partial charge in [0.2, 0.25) is 0 Å². The van der Waals surface area contributed by atoms with E-state index in [-0.39, 0.29) is 28.9 Å². The van der Waals surface area contributed by atoms with Crippen LogP contribution in [0.2, 0.25) is 5.02 Å². The van der Waals surface area contributed by atoms with Crippen molar-refractivity contribution in [2.45, 2.75) is 64.6 Å². The fourth-order valence-electron chi connectivity index (χ4n) is 5.65. The number of carbonyl (C=O) groups excluding carboxylic acids is 2. The molecule has 2 atom stereocenters. The fourth-order valence-corrected chi connectivity index (χ4v) is 6.10. The molecule has 0 saturated heterocycles. The van der Waals surface area contributed by atoms with Crippen molar-refractivity contribution >= 4 is 46.6 Å². The van der Waals surface area contributed by atoms with Crippen LogP contribution in [-0.2, 0) is 19.9 Å².